The first-order chi connectivity index (χ1) is 52.3. The van der Waals surface area contributed by atoms with Crippen LogP contribution < -0.4 is 85.3 Å². The minimum atomic E-state index is -1.12. The van der Waals surface area contributed by atoms with Crippen LogP contribution in [-0.4, -0.2) is 0 Å². The Morgan fingerprint density at radius 3 is 0.527 bits per heavy atom. The zero-order chi connectivity index (χ0) is 72.2. The number of halogens is 8. The smallest absolute Gasteiger partial charge is 1.00 e. The molecule has 0 radical (unpaired) electrons. The number of benzene rings is 16. The topological polar surface area (TPSA) is 36.9 Å². The molecule has 0 spiro atoms. The number of rotatable bonds is 21. The van der Waals surface area contributed by atoms with Crippen molar-refractivity contribution < 1.29 is 108 Å². The standard InChI is InChI=1S/2C45H34O2P2.C2Cl6.2Au.2ClH/c2*1-5-19-36(20-6-1)48(37-21-7-2-8-22-37)46-44-31-29-34-17-13-15-27-40(34)42(44)33-43-41-28-16-14-18-35(41)30-32-45(43)47-49(38-23-9-3-10-24-38)39-25-11-4-12-26-39;3-1(4)7-8-2(5)6;;;;/h2*1-32H,33H2;;;;2*1H/q;;;2*+1;;/p-2. The van der Waals surface area contributed by atoms with Crippen molar-refractivity contribution in [3.63, 3.8) is 0 Å². The quantitative estimate of drug-likeness (QED) is 0.0408. The Kier molecular flexibility index (Phi) is 33.9. The third-order valence-electron chi connectivity index (χ3n) is 17.5. The van der Waals surface area contributed by atoms with Crippen molar-refractivity contribution in [2.24, 2.45) is 0 Å². The SMILES string of the molecule is Cl[C-](Cl)[Cl+][Cl+][C-](Cl)Cl.[Au+].[Au+].[Cl-].[Cl-].c1ccc(P(Oc2ccc3ccccc3c2Cc2c(OP(c3ccccc3)c3ccccc3)ccc3ccccc23)c2ccccc2)cc1.c1ccc(P(Oc2ccc3ccccc3c2Cc2c(OP(c3ccccc3)c3ccccc3)ccc3ccccc23)c2ccccc2)cc1. The minimum Gasteiger partial charge on any atom is -1.00 e. The fraction of sp³-hybridized carbons (Fsp3) is 0.0217. The van der Waals surface area contributed by atoms with Crippen LogP contribution in [0.25, 0.3) is 43.1 Å². The van der Waals surface area contributed by atoms with Crippen molar-refractivity contribution in [1.82, 2.24) is 0 Å². The summed E-state index contributed by atoms with van der Waals surface area (Å²) in [5.74, 6) is 3.57. The predicted octanol–water partition coefficient (Wildman–Crippen LogP) is 17.8. The van der Waals surface area contributed by atoms with E-state index in [1.54, 1.807) is 0 Å². The normalized spacial score (nSPS) is 10.9. The third-order valence-corrected chi connectivity index (χ3v) is 28.3. The molecule has 0 saturated carbocycles. The van der Waals surface area contributed by atoms with Gasteiger partial charge in [0.2, 0.25) is 8.59 Å². The molecule has 0 amide bonds. The number of hydrogen-bond donors (Lipinski definition) is 0. The van der Waals surface area contributed by atoms with Gasteiger partial charge < -0.3 is 42.9 Å². The molecule has 0 aliphatic rings. The molecule has 0 aromatic heterocycles. The fourth-order valence-electron chi connectivity index (χ4n) is 12.7. The van der Waals surface area contributed by atoms with E-state index in [4.69, 9.17) is 64.5 Å². The first kappa shape index (κ1) is 85.7. The zero-order valence-electron chi connectivity index (χ0n) is 58.4. The molecule has 0 unspecified atom stereocenters. The summed E-state index contributed by atoms with van der Waals surface area (Å²) in [7, 11) is -1.51. The second-order valence-electron chi connectivity index (χ2n) is 24.2. The summed E-state index contributed by atoms with van der Waals surface area (Å²) in [5.41, 5.74) is 4.62. The second kappa shape index (κ2) is 43.5. The van der Waals surface area contributed by atoms with Crippen molar-refractivity contribution in [3.8, 4) is 23.0 Å². The van der Waals surface area contributed by atoms with E-state index in [0.29, 0.717) is 12.8 Å². The molecule has 0 atom stereocenters. The average Bonchev–Trinajstić information content (AvgIpc) is 0.772. The molecule has 0 fully saturated rings. The van der Waals surface area contributed by atoms with Gasteiger partial charge in [0.1, 0.15) is 23.0 Å². The van der Waals surface area contributed by atoms with Gasteiger partial charge in [0, 0.05) is 77.5 Å². The molecule has 0 saturated heterocycles. The Morgan fingerprint density at radius 1 is 0.209 bits per heavy atom. The summed E-state index contributed by atoms with van der Waals surface area (Å²) in [6, 6.07) is 137. The van der Waals surface area contributed by atoms with Gasteiger partial charge in [-0.25, -0.2) is 0 Å². The van der Waals surface area contributed by atoms with Crippen LogP contribution >= 0.6 is 79.0 Å². The first-order valence-electron chi connectivity index (χ1n) is 34.3. The molecule has 18 heteroatoms. The van der Waals surface area contributed by atoms with Crippen molar-refractivity contribution in [1.29, 1.82) is 0 Å². The Morgan fingerprint density at radius 2 is 0.364 bits per heavy atom. The molecular formula is C92H68Au2Cl8O4P4. The van der Waals surface area contributed by atoms with Crippen molar-refractivity contribution in [2.45, 2.75) is 12.8 Å². The summed E-state index contributed by atoms with van der Waals surface area (Å²) >= 11 is 20.7. The van der Waals surface area contributed by atoms with Crippen LogP contribution in [0.3, 0.4) is 0 Å². The first-order valence-corrected chi connectivity index (χ1v) is 42.7. The van der Waals surface area contributed by atoms with Crippen LogP contribution in [0.15, 0.2) is 388 Å². The van der Waals surface area contributed by atoms with Gasteiger partial charge in [-0.2, -0.15) is 0 Å². The van der Waals surface area contributed by atoms with E-state index in [9.17, 15) is 0 Å². The van der Waals surface area contributed by atoms with Gasteiger partial charge in [-0.3, -0.25) is 46.4 Å². The average molecular weight is 2040 g/mol. The van der Waals surface area contributed by atoms with Gasteiger partial charge in [-0.15, -0.1) is 0 Å². The van der Waals surface area contributed by atoms with Crippen LogP contribution in [-0.2, 0) is 57.6 Å². The van der Waals surface area contributed by atoms with E-state index in [1.165, 1.54) is 106 Å². The Hall–Kier alpha value is -6.72. The summed E-state index contributed by atoms with van der Waals surface area (Å²) in [5, 5.41) is 18.9. The van der Waals surface area contributed by atoms with Crippen LogP contribution in [0.2, 0.25) is 0 Å². The Labute approximate surface area is 719 Å². The number of hydrogen-bond acceptors (Lipinski definition) is 4. The maximum absolute atomic E-state index is 7.20. The fourth-order valence-corrected chi connectivity index (χ4v) is 21.1. The predicted molar refractivity (Wildman–Crippen MR) is 450 cm³/mol. The van der Waals surface area contributed by atoms with Gasteiger partial charge in [0.25, 0.3) is 20.1 Å². The van der Waals surface area contributed by atoms with Crippen molar-refractivity contribution in [2.75, 3.05) is 0 Å². The van der Waals surface area contributed by atoms with E-state index in [1.807, 2.05) is 0 Å². The maximum atomic E-state index is 7.20. The minimum absolute atomic E-state index is 0. The van der Waals surface area contributed by atoms with Gasteiger partial charge in [-0.05, 0) is 67.4 Å². The monoisotopic (exact) mass is 2030 g/mol. The van der Waals surface area contributed by atoms with Crippen molar-refractivity contribution >= 4 is 165 Å². The Balaban J connectivity index is 0.000000206. The zero-order valence-corrected chi connectivity index (χ0v) is 72.4. The van der Waals surface area contributed by atoms with Gasteiger partial charge in [-0.1, -0.05) is 364 Å². The van der Waals surface area contributed by atoms with Crippen LogP contribution in [0, 0.1) is 28.7 Å². The molecule has 0 bridgehead atoms. The molecule has 110 heavy (non-hydrogen) atoms. The second-order valence-corrected chi connectivity index (χ2v) is 36.0. The summed E-state index contributed by atoms with van der Waals surface area (Å²) < 4.78 is 29.0. The van der Waals surface area contributed by atoms with Gasteiger partial charge in [0.15, 0.2) is 32.6 Å². The maximum Gasteiger partial charge on any atom is 1.00 e. The molecule has 558 valence electrons. The molecule has 16 rings (SSSR count). The molecule has 16 aromatic rings. The van der Waals surface area contributed by atoms with E-state index < -0.39 is 32.6 Å². The summed E-state index contributed by atoms with van der Waals surface area (Å²) in [6.07, 6.45) is 1.29. The van der Waals surface area contributed by atoms with E-state index in [2.05, 4.69) is 388 Å². The molecule has 0 heterocycles. The number of fused-ring (bicyclic) bond motifs is 4. The summed E-state index contributed by atoms with van der Waals surface area (Å²) in [4.78, 5) is 0. The van der Waals surface area contributed by atoms with Crippen LogP contribution in [0.1, 0.15) is 22.3 Å². The van der Waals surface area contributed by atoms with E-state index in [-0.39, 0.29) is 78.2 Å². The Bertz CT molecular complexity index is 4670. The molecular weight excluding hydrogens is 1970 g/mol. The molecule has 0 aliphatic heterocycles. The molecule has 0 aliphatic carbocycles. The van der Waals surface area contributed by atoms with E-state index >= 15 is 0 Å². The molecule has 0 N–H and O–H groups in total. The van der Waals surface area contributed by atoms with Gasteiger partial charge in [0.05, 0.1) is 0 Å². The van der Waals surface area contributed by atoms with Crippen LogP contribution in [0.5, 0.6) is 23.0 Å². The van der Waals surface area contributed by atoms with Crippen molar-refractivity contribution in [3.05, 3.63) is 419 Å². The largest absolute Gasteiger partial charge is 1.00 e. The third kappa shape index (κ3) is 22.2. The van der Waals surface area contributed by atoms with E-state index in [0.717, 1.165) is 45.3 Å². The summed E-state index contributed by atoms with van der Waals surface area (Å²) in [6.45, 7) is 0. The van der Waals surface area contributed by atoms with Gasteiger partial charge >= 0.3 is 44.8 Å². The van der Waals surface area contributed by atoms with Crippen LogP contribution in [0.4, 0.5) is 0 Å². The molecule has 4 nitrogen and oxygen atoms in total. The molecule has 16 aromatic carbocycles.